The van der Waals surface area contributed by atoms with Gasteiger partial charge in [0.25, 0.3) is 5.91 Å². The van der Waals surface area contributed by atoms with Gasteiger partial charge in [0, 0.05) is 15.6 Å². The Morgan fingerprint density at radius 3 is 2.60 bits per heavy atom. The van der Waals surface area contributed by atoms with Crippen molar-refractivity contribution >= 4 is 44.6 Å². The molecular formula is C19H14ClN3OS. The zero-order valence-corrected chi connectivity index (χ0v) is 14.9. The normalized spacial score (nSPS) is 11.0. The average molecular weight is 368 g/mol. The molecule has 6 heteroatoms. The highest BCUT2D eigenvalue weighted by molar-refractivity contribution is 7.21. The maximum atomic E-state index is 12.8. The second-order valence-electron chi connectivity index (χ2n) is 5.63. The van der Waals surface area contributed by atoms with E-state index in [1.54, 1.807) is 0 Å². The van der Waals surface area contributed by atoms with Crippen LogP contribution in [-0.4, -0.2) is 16.1 Å². The van der Waals surface area contributed by atoms with Gasteiger partial charge in [-0.15, -0.1) is 11.3 Å². The van der Waals surface area contributed by atoms with Crippen LogP contribution in [0.2, 0.25) is 5.02 Å². The van der Waals surface area contributed by atoms with E-state index in [1.165, 1.54) is 11.3 Å². The highest BCUT2D eigenvalue weighted by Gasteiger charge is 2.20. The summed E-state index contributed by atoms with van der Waals surface area (Å²) in [5.74, 6) is -0.229. The third-order valence-corrected chi connectivity index (χ3v) is 5.65. The summed E-state index contributed by atoms with van der Waals surface area (Å²) in [4.78, 5) is 13.3. The van der Waals surface area contributed by atoms with E-state index in [4.69, 9.17) is 11.6 Å². The van der Waals surface area contributed by atoms with Crippen LogP contribution in [0.4, 0.5) is 5.69 Å². The second kappa shape index (κ2) is 6.35. The first-order valence-electron chi connectivity index (χ1n) is 7.74. The fraction of sp³-hybridized carbons (Fsp3) is 0.0526. The van der Waals surface area contributed by atoms with Crippen molar-refractivity contribution in [2.75, 3.05) is 5.32 Å². The topological polar surface area (TPSA) is 57.8 Å². The van der Waals surface area contributed by atoms with Crippen LogP contribution in [0.3, 0.4) is 0 Å². The van der Waals surface area contributed by atoms with Crippen molar-refractivity contribution in [2.24, 2.45) is 0 Å². The number of nitrogens with one attached hydrogen (secondary N) is 2. The Morgan fingerprint density at radius 1 is 1.12 bits per heavy atom. The van der Waals surface area contributed by atoms with Gasteiger partial charge in [0.1, 0.15) is 10.6 Å². The molecule has 0 saturated carbocycles. The fourth-order valence-electron chi connectivity index (χ4n) is 2.72. The van der Waals surface area contributed by atoms with Crippen LogP contribution in [0.25, 0.3) is 21.3 Å². The molecule has 1 amide bonds. The van der Waals surface area contributed by atoms with E-state index in [9.17, 15) is 4.79 Å². The molecule has 4 rings (SSSR count). The van der Waals surface area contributed by atoms with E-state index in [-0.39, 0.29) is 5.91 Å². The molecule has 4 nitrogen and oxygen atoms in total. The summed E-state index contributed by atoms with van der Waals surface area (Å²) in [5, 5.41) is 11.6. The third-order valence-electron chi connectivity index (χ3n) is 3.97. The number of benzene rings is 2. The number of hydrogen-bond acceptors (Lipinski definition) is 3. The summed E-state index contributed by atoms with van der Waals surface area (Å²) < 4.78 is 0.991. The molecule has 0 saturated heterocycles. The Hall–Kier alpha value is -2.63. The van der Waals surface area contributed by atoms with E-state index in [2.05, 4.69) is 15.5 Å². The average Bonchev–Trinajstić information content (AvgIpc) is 3.17. The Bertz CT molecular complexity index is 1070. The second-order valence-corrected chi connectivity index (χ2v) is 7.06. The van der Waals surface area contributed by atoms with E-state index in [0.717, 1.165) is 21.3 Å². The van der Waals surface area contributed by atoms with Gasteiger partial charge in [-0.1, -0.05) is 60.1 Å². The minimum Gasteiger partial charge on any atom is -0.318 e. The number of anilines is 1. The molecule has 2 heterocycles. The van der Waals surface area contributed by atoms with Crippen LogP contribution in [0, 0.1) is 6.92 Å². The summed E-state index contributed by atoms with van der Waals surface area (Å²) in [5.41, 5.74) is 3.11. The van der Waals surface area contributed by atoms with Gasteiger partial charge in [0.05, 0.1) is 16.4 Å². The monoisotopic (exact) mass is 367 g/mol. The molecule has 0 aliphatic carbocycles. The molecule has 0 fully saturated rings. The molecule has 0 spiro atoms. The van der Waals surface area contributed by atoms with Crippen molar-refractivity contribution in [3.63, 3.8) is 0 Å². The van der Waals surface area contributed by atoms with Crippen LogP contribution in [0.15, 0.2) is 54.6 Å². The summed E-state index contributed by atoms with van der Waals surface area (Å²) in [7, 11) is 0. The zero-order chi connectivity index (χ0) is 17.4. The Kier molecular flexibility index (Phi) is 4.03. The molecule has 25 heavy (non-hydrogen) atoms. The quantitative estimate of drug-likeness (QED) is 0.502. The first-order chi connectivity index (χ1) is 12.1. The van der Waals surface area contributed by atoms with Crippen molar-refractivity contribution in [1.29, 1.82) is 0 Å². The first kappa shape index (κ1) is 15.9. The van der Waals surface area contributed by atoms with Crippen molar-refractivity contribution in [2.45, 2.75) is 6.92 Å². The van der Waals surface area contributed by atoms with Gasteiger partial charge in [0.2, 0.25) is 0 Å². The molecule has 2 aromatic carbocycles. The minimum atomic E-state index is -0.229. The lowest BCUT2D eigenvalue weighted by molar-refractivity contribution is 0.103. The number of nitrogens with zero attached hydrogens (tertiary/aromatic N) is 1. The number of aromatic amines is 1. The molecule has 0 aliphatic heterocycles. The number of amides is 1. The molecule has 0 radical (unpaired) electrons. The maximum absolute atomic E-state index is 12.8. The number of aromatic nitrogens is 2. The number of carbonyl (C=O) groups excluding carboxylic acids is 1. The molecule has 124 valence electrons. The van der Waals surface area contributed by atoms with Gasteiger partial charge in [-0.2, -0.15) is 5.10 Å². The largest absolute Gasteiger partial charge is 0.318 e. The van der Waals surface area contributed by atoms with Crippen LogP contribution in [-0.2, 0) is 0 Å². The molecule has 0 aliphatic rings. The number of thiophene rings is 1. The SMILES string of the molecule is Cc1[nH]nc(-c2ccccc2)c1NC(=O)c1sc2ccccc2c1Cl. The Balaban J connectivity index is 1.72. The van der Waals surface area contributed by atoms with Gasteiger partial charge in [-0.05, 0) is 13.0 Å². The molecular weight excluding hydrogens is 354 g/mol. The van der Waals surface area contributed by atoms with E-state index in [0.29, 0.717) is 21.3 Å². The lowest BCUT2D eigenvalue weighted by atomic mass is 10.1. The van der Waals surface area contributed by atoms with Gasteiger partial charge in [-0.25, -0.2) is 0 Å². The van der Waals surface area contributed by atoms with Crippen molar-refractivity contribution in [3.05, 3.63) is 70.2 Å². The van der Waals surface area contributed by atoms with Crippen LogP contribution < -0.4 is 5.32 Å². The van der Waals surface area contributed by atoms with Gasteiger partial charge >= 0.3 is 0 Å². The predicted octanol–water partition coefficient (Wildman–Crippen LogP) is 5.51. The van der Waals surface area contributed by atoms with Gasteiger partial charge < -0.3 is 5.32 Å². The number of hydrogen-bond donors (Lipinski definition) is 2. The van der Waals surface area contributed by atoms with Gasteiger partial charge in [-0.3, -0.25) is 9.89 Å². The first-order valence-corrected chi connectivity index (χ1v) is 8.93. The lowest BCUT2D eigenvalue weighted by Gasteiger charge is -2.06. The smallest absolute Gasteiger partial charge is 0.267 e. The van der Waals surface area contributed by atoms with Crippen molar-refractivity contribution < 1.29 is 4.79 Å². The maximum Gasteiger partial charge on any atom is 0.267 e. The summed E-state index contributed by atoms with van der Waals surface area (Å²) >= 11 is 7.80. The molecule has 0 bridgehead atoms. The Labute approximate surface area is 153 Å². The standard InChI is InChI=1S/C19H14ClN3OS/c1-11-16(17(23-22-11)12-7-3-2-4-8-12)21-19(24)18-15(20)13-9-5-6-10-14(13)25-18/h2-10H,1H3,(H,21,24)(H,22,23). The van der Waals surface area contributed by atoms with Crippen LogP contribution in [0.5, 0.6) is 0 Å². The third kappa shape index (κ3) is 2.81. The number of carbonyl (C=O) groups is 1. The number of aryl methyl sites for hydroxylation is 1. The number of halogens is 1. The molecule has 2 aromatic heterocycles. The fourth-order valence-corrected chi connectivity index (χ4v) is 4.13. The summed E-state index contributed by atoms with van der Waals surface area (Å²) in [6.45, 7) is 1.88. The van der Waals surface area contributed by atoms with E-state index in [1.807, 2.05) is 61.5 Å². The number of rotatable bonds is 3. The summed E-state index contributed by atoms with van der Waals surface area (Å²) in [6, 6.07) is 17.5. The molecule has 2 N–H and O–H groups in total. The minimum absolute atomic E-state index is 0.229. The van der Waals surface area contributed by atoms with Crippen molar-refractivity contribution in [3.8, 4) is 11.3 Å². The predicted molar refractivity (Wildman–Crippen MR) is 104 cm³/mol. The van der Waals surface area contributed by atoms with E-state index < -0.39 is 0 Å². The molecule has 0 atom stereocenters. The van der Waals surface area contributed by atoms with Crippen molar-refractivity contribution in [1.82, 2.24) is 10.2 Å². The highest BCUT2D eigenvalue weighted by Crippen LogP contribution is 2.36. The zero-order valence-electron chi connectivity index (χ0n) is 13.3. The molecule has 0 unspecified atom stereocenters. The highest BCUT2D eigenvalue weighted by atomic mass is 35.5. The van der Waals surface area contributed by atoms with Gasteiger partial charge in [0.15, 0.2) is 0 Å². The van der Waals surface area contributed by atoms with Crippen LogP contribution in [0.1, 0.15) is 15.4 Å². The lowest BCUT2D eigenvalue weighted by Crippen LogP contribution is -2.11. The van der Waals surface area contributed by atoms with E-state index >= 15 is 0 Å². The Morgan fingerprint density at radius 2 is 1.84 bits per heavy atom. The number of H-pyrrole nitrogens is 1. The van der Waals surface area contributed by atoms with Crippen LogP contribution >= 0.6 is 22.9 Å². The molecule has 4 aromatic rings. The number of fused-ring (bicyclic) bond motifs is 1. The summed E-state index contributed by atoms with van der Waals surface area (Å²) in [6.07, 6.45) is 0.